The predicted octanol–water partition coefficient (Wildman–Crippen LogP) is 7.52. The van der Waals surface area contributed by atoms with Crippen molar-refractivity contribution in [3.05, 3.63) is 104 Å². The number of aryl methyl sites for hydroxylation is 1. The molecular weight excluding hydrogens is 567 g/mol. The van der Waals surface area contributed by atoms with Crippen LogP contribution in [0.4, 0.5) is 18.9 Å². The van der Waals surface area contributed by atoms with Crippen molar-refractivity contribution in [3.8, 4) is 16.9 Å². The van der Waals surface area contributed by atoms with Gasteiger partial charge in [-0.15, -0.1) is 23.1 Å². The van der Waals surface area contributed by atoms with Crippen molar-refractivity contribution >= 4 is 39.0 Å². The summed E-state index contributed by atoms with van der Waals surface area (Å²) < 4.78 is 53.0. The molecule has 1 atom stereocenters. The third-order valence-corrected chi connectivity index (χ3v) is 9.64. The van der Waals surface area contributed by atoms with Crippen LogP contribution >= 0.6 is 23.1 Å². The Kier molecular flexibility index (Phi) is 7.29. The summed E-state index contributed by atoms with van der Waals surface area (Å²) in [5.74, 6) is -1.43. The van der Waals surface area contributed by atoms with E-state index in [-0.39, 0.29) is 40.5 Å². The van der Waals surface area contributed by atoms with E-state index in [1.54, 1.807) is 28.9 Å². The third kappa shape index (κ3) is 4.89. The molecule has 0 bridgehead atoms. The van der Waals surface area contributed by atoms with Gasteiger partial charge in [0, 0.05) is 35.5 Å². The highest BCUT2D eigenvalue weighted by Crippen LogP contribution is 2.41. The number of hydrogen-bond acceptors (Lipinski definition) is 6. The summed E-state index contributed by atoms with van der Waals surface area (Å²) in [4.78, 5) is 18.7. The topological polar surface area (TPSA) is 56.1 Å². The van der Waals surface area contributed by atoms with Crippen LogP contribution in [0, 0.1) is 31.3 Å². The highest BCUT2D eigenvalue weighted by atomic mass is 32.2. The van der Waals surface area contributed by atoms with E-state index in [1.807, 2.05) is 25.1 Å². The maximum Gasteiger partial charge on any atom is 0.260 e. The molecule has 0 spiro atoms. The number of rotatable bonds is 7. The highest BCUT2D eigenvalue weighted by molar-refractivity contribution is 7.99. The van der Waals surface area contributed by atoms with E-state index < -0.39 is 17.5 Å². The summed E-state index contributed by atoms with van der Waals surface area (Å²) in [6, 6.07) is 14.1. The lowest BCUT2D eigenvalue weighted by atomic mass is 9.94. The van der Waals surface area contributed by atoms with Crippen molar-refractivity contribution in [1.29, 1.82) is 0 Å². The second-order valence-corrected chi connectivity index (χ2v) is 12.2. The van der Waals surface area contributed by atoms with Gasteiger partial charge in [-0.25, -0.2) is 18.2 Å². The molecule has 10 heteroatoms. The summed E-state index contributed by atoms with van der Waals surface area (Å²) in [6.07, 6.45) is -0.0778. The van der Waals surface area contributed by atoms with Crippen LogP contribution in [0.5, 0.6) is 5.75 Å². The molecule has 3 aromatic carbocycles. The fourth-order valence-corrected chi connectivity index (χ4v) is 7.57. The summed E-state index contributed by atoms with van der Waals surface area (Å²) >= 11 is 3.09. The molecule has 0 aliphatic carbocycles. The molecule has 6 rings (SSSR count). The average molecular weight is 594 g/mol. The maximum absolute atomic E-state index is 15.5. The van der Waals surface area contributed by atoms with E-state index in [9.17, 15) is 13.6 Å². The van der Waals surface area contributed by atoms with Gasteiger partial charge in [0.2, 0.25) is 0 Å². The van der Waals surface area contributed by atoms with Crippen LogP contribution in [0.1, 0.15) is 27.7 Å². The van der Waals surface area contributed by atoms with E-state index in [0.29, 0.717) is 28.5 Å². The van der Waals surface area contributed by atoms with Gasteiger partial charge in [-0.1, -0.05) is 18.2 Å². The van der Waals surface area contributed by atoms with Gasteiger partial charge in [0.25, 0.3) is 5.56 Å². The van der Waals surface area contributed by atoms with E-state index in [0.717, 1.165) is 20.9 Å². The molecule has 3 heterocycles. The number of anilines is 1. The van der Waals surface area contributed by atoms with Crippen LogP contribution in [0.15, 0.2) is 64.4 Å². The molecule has 0 fully saturated rings. The quantitative estimate of drug-likeness (QED) is 0.212. The van der Waals surface area contributed by atoms with Crippen LogP contribution in [-0.4, -0.2) is 29.0 Å². The number of pyridine rings is 1. The molecule has 5 nitrogen and oxygen atoms in total. The lowest BCUT2D eigenvalue weighted by molar-refractivity contribution is 0.387. The number of thioether (sulfide) groups is 1. The minimum atomic E-state index is -0.669. The number of hydrogen-bond donors (Lipinski definition) is 1. The van der Waals surface area contributed by atoms with Crippen LogP contribution in [0.25, 0.3) is 21.3 Å². The Labute approximate surface area is 243 Å². The highest BCUT2D eigenvalue weighted by Gasteiger charge is 2.32. The largest absolute Gasteiger partial charge is 0.494 e. The summed E-state index contributed by atoms with van der Waals surface area (Å²) in [5.41, 5.74) is 2.65. The van der Waals surface area contributed by atoms with Gasteiger partial charge >= 0.3 is 0 Å². The molecule has 1 unspecified atom stereocenters. The van der Waals surface area contributed by atoms with Gasteiger partial charge in [-0.05, 0) is 61.4 Å². The SMILES string of the molecule is COc1cccc(-c2c(C)c(Cc3c(F)cccc3F)c3n(c2=O)C(CNc2ccc4sc(C)nc4c2)CS3)c1F. The third-order valence-electron chi connectivity index (χ3n) is 7.42. The first kappa shape index (κ1) is 27.4. The summed E-state index contributed by atoms with van der Waals surface area (Å²) in [7, 11) is 1.36. The van der Waals surface area contributed by atoms with Crippen LogP contribution in [-0.2, 0) is 6.42 Å². The Bertz CT molecular complexity index is 1850. The molecule has 41 heavy (non-hydrogen) atoms. The van der Waals surface area contributed by atoms with Crippen LogP contribution in [0.2, 0.25) is 0 Å². The molecule has 210 valence electrons. The smallest absolute Gasteiger partial charge is 0.260 e. The van der Waals surface area contributed by atoms with E-state index >= 15 is 4.39 Å². The first-order valence-corrected chi connectivity index (χ1v) is 14.8. The number of benzene rings is 3. The molecule has 0 saturated carbocycles. The molecule has 1 N–H and O–H groups in total. The van der Waals surface area contributed by atoms with E-state index in [4.69, 9.17) is 4.74 Å². The Balaban J connectivity index is 1.46. The number of ether oxygens (including phenoxy) is 1. The standard InChI is InChI=1S/C31H26F3N3O2S2/c1-16-21(13-22-23(32)7-5-8-24(22)33)31-37(30(38)28(16)20-6-4-9-26(39-3)29(20)34)19(15-40-31)14-35-18-10-11-27-25(12-18)36-17(2)41-27/h4-12,19,35H,13-15H2,1-3H3. The zero-order valence-corrected chi connectivity index (χ0v) is 24.2. The zero-order valence-electron chi connectivity index (χ0n) is 22.6. The Morgan fingerprint density at radius 2 is 1.80 bits per heavy atom. The Morgan fingerprint density at radius 3 is 2.56 bits per heavy atom. The molecule has 0 radical (unpaired) electrons. The van der Waals surface area contributed by atoms with Crippen LogP contribution in [0.3, 0.4) is 0 Å². The van der Waals surface area contributed by atoms with Gasteiger partial charge in [-0.3, -0.25) is 9.36 Å². The van der Waals surface area contributed by atoms with Crippen molar-refractivity contribution in [1.82, 2.24) is 9.55 Å². The second-order valence-electron chi connectivity index (χ2n) is 9.92. The molecular formula is C31H26F3N3O2S2. The maximum atomic E-state index is 15.5. The fraction of sp³-hybridized carbons (Fsp3) is 0.226. The predicted molar refractivity (Wildman–Crippen MR) is 159 cm³/mol. The van der Waals surface area contributed by atoms with E-state index in [1.165, 1.54) is 49.2 Å². The van der Waals surface area contributed by atoms with Crippen molar-refractivity contribution in [3.63, 3.8) is 0 Å². The van der Waals surface area contributed by atoms with Gasteiger partial charge < -0.3 is 10.1 Å². The second kappa shape index (κ2) is 10.9. The van der Waals surface area contributed by atoms with Crippen LogP contribution < -0.4 is 15.6 Å². The number of aromatic nitrogens is 2. The first-order chi connectivity index (χ1) is 19.8. The number of thiazole rings is 1. The Hall–Kier alpha value is -3.76. The minimum Gasteiger partial charge on any atom is -0.494 e. The Morgan fingerprint density at radius 1 is 1.05 bits per heavy atom. The minimum absolute atomic E-state index is 0.00811. The molecule has 2 aromatic heterocycles. The molecule has 1 aliphatic heterocycles. The summed E-state index contributed by atoms with van der Waals surface area (Å²) in [5, 5.41) is 5.05. The number of fused-ring (bicyclic) bond motifs is 2. The lowest BCUT2D eigenvalue weighted by Crippen LogP contribution is -2.31. The van der Waals surface area contributed by atoms with Crippen molar-refractivity contribution < 1.29 is 17.9 Å². The van der Waals surface area contributed by atoms with Crippen molar-refractivity contribution in [2.24, 2.45) is 0 Å². The van der Waals surface area contributed by atoms with Crippen molar-refractivity contribution in [2.45, 2.75) is 31.3 Å². The molecule has 0 saturated heterocycles. The number of nitrogens with one attached hydrogen (secondary N) is 1. The van der Waals surface area contributed by atoms with Gasteiger partial charge in [-0.2, -0.15) is 0 Å². The molecule has 0 amide bonds. The van der Waals surface area contributed by atoms with Gasteiger partial charge in [0.05, 0.1) is 39.0 Å². The molecule has 5 aromatic rings. The fourth-order valence-electron chi connectivity index (χ4n) is 5.37. The van der Waals surface area contributed by atoms with Crippen molar-refractivity contribution in [2.75, 3.05) is 24.7 Å². The number of methoxy groups -OCH3 is 1. The summed E-state index contributed by atoms with van der Waals surface area (Å²) in [6.45, 7) is 4.10. The number of halogens is 3. The van der Waals surface area contributed by atoms with Gasteiger partial charge in [0.1, 0.15) is 11.6 Å². The monoisotopic (exact) mass is 593 g/mol. The average Bonchev–Trinajstić information content (AvgIpc) is 3.54. The lowest BCUT2D eigenvalue weighted by Gasteiger charge is -2.21. The molecule has 1 aliphatic rings. The number of nitrogens with zero attached hydrogens (tertiary/aromatic N) is 2. The first-order valence-electron chi connectivity index (χ1n) is 13.0. The van der Waals surface area contributed by atoms with E-state index in [2.05, 4.69) is 10.3 Å². The zero-order chi connectivity index (χ0) is 28.8. The van der Waals surface area contributed by atoms with Gasteiger partial charge in [0.15, 0.2) is 11.6 Å². The normalized spacial score (nSPS) is 14.4.